The minimum absolute atomic E-state index is 0.0696. The molecule has 0 atom stereocenters. The molecular weight excluding hydrogens is 334 g/mol. The van der Waals surface area contributed by atoms with E-state index < -0.39 is 21.9 Å². The van der Waals surface area contributed by atoms with Crippen molar-refractivity contribution in [2.24, 2.45) is 0 Å². The van der Waals surface area contributed by atoms with Gasteiger partial charge in [-0.15, -0.1) is 0 Å². The number of aromatic nitrogens is 1. The summed E-state index contributed by atoms with van der Waals surface area (Å²) >= 11 is 0. The third kappa shape index (κ3) is 4.12. The fraction of sp³-hybridized carbons (Fsp3) is 0.333. The lowest BCUT2D eigenvalue weighted by Gasteiger charge is -2.15. The first-order valence-electron chi connectivity index (χ1n) is 7.27. The van der Waals surface area contributed by atoms with Gasteiger partial charge in [-0.1, -0.05) is 0 Å². The van der Waals surface area contributed by atoms with E-state index in [4.69, 9.17) is 5.11 Å². The third-order valence-corrected chi connectivity index (χ3v) is 5.37. The van der Waals surface area contributed by atoms with Gasteiger partial charge in [0.1, 0.15) is 6.54 Å². The molecule has 0 aliphatic rings. The summed E-state index contributed by atoms with van der Waals surface area (Å²) in [5, 5.41) is 12.3. The number of nitrogens with one attached hydrogen (secondary N) is 1. The monoisotopic (exact) mass is 353 g/mol. The van der Waals surface area contributed by atoms with Gasteiger partial charge >= 0.3 is 5.97 Å². The van der Waals surface area contributed by atoms with Crippen molar-refractivity contribution in [3.63, 3.8) is 0 Å². The number of sulfonamides is 1. The molecule has 0 spiro atoms. The van der Waals surface area contributed by atoms with Gasteiger partial charge in [0.05, 0.1) is 12.3 Å². The summed E-state index contributed by atoms with van der Waals surface area (Å²) in [7, 11) is -2.06. The normalized spacial score (nSPS) is 11.8. The molecule has 8 nitrogen and oxygen atoms in total. The number of amides is 1. The molecule has 1 heterocycles. The largest absolute Gasteiger partial charge is 0.480 e. The molecule has 24 heavy (non-hydrogen) atoms. The van der Waals surface area contributed by atoms with Gasteiger partial charge in [0, 0.05) is 29.8 Å². The second kappa shape index (κ2) is 7.02. The van der Waals surface area contributed by atoms with Crippen LogP contribution in [0.3, 0.4) is 0 Å². The maximum Gasteiger partial charge on any atom is 0.323 e. The number of hydrogen-bond donors (Lipinski definition) is 2. The van der Waals surface area contributed by atoms with Gasteiger partial charge in [-0.25, -0.2) is 8.42 Å². The highest BCUT2D eigenvalue weighted by molar-refractivity contribution is 7.89. The second-order valence-electron chi connectivity index (χ2n) is 5.32. The van der Waals surface area contributed by atoms with Crippen molar-refractivity contribution < 1.29 is 23.1 Å². The molecule has 0 aliphatic carbocycles. The highest BCUT2D eigenvalue weighted by Crippen LogP contribution is 2.20. The van der Waals surface area contributed by atoms with Gasteiger partial charge in [0.15, 0.2) is 0 Å². The van der Waals surface area contributed by atoms with Crippen LogP contribution in [-0.2, 0) is 26.2 Å². The summed E-state index contributed by atoms with van der Waals surface area (Å²) in [5.74, 6) is -1.45. The fourth-order valence-corrected chi connectivity index (χ4v) is 3.04. The van der Waals surface area contributed by atoms with Crippen molar-refractivity contribution >= 4 is 38.5 Å². The summed E-state index contributed by atoms with van der Waals surface area (Å²) in [4.78, 5) is 22.8. The van der Waals surface area contributed by atoms with E-state index in [0.717, 1.165) is 15.2 Å². The van der Waals surface area contributed by atoms with Gasteiger partial charge in [0.25, 0.3) is 0 Å². The molecule has 0 saturated heterocycles. The van der Waals surface area contributed by atoms with Crippen LogP contribution in [-0.4, -0.2) is 53.6 Å². The van der Waals surface area contributed by atoms with Crippen molar-refractivity contribution in [2.75, 3.05) is 24.7 Å². The molecule has 0 fully saturated rings. The van der Waals surface area contributed by atoms with E-state index in [1.54, 1.807) is 35.0 Å². The highest BCUT2D eigenvalue weighted by Gasteiger charge is 2.18. The zero-order valence-corrected chi connectivity index (χ0v) is 14.2. The lowest BCUT2D eigenvalue weighted by atomic mass is 10.2. The van der Waals surface area contributed by atoms with E-state index in [-0.39, 0.29) is 18.8 Å². The molecule has 2 rings (SSSR count). The number of nitrogens with zero attached hydrogens (tertiary/aromatic N) is 2. The van der Waals surface area contributed by atoms with Gasteiger partial charge in [-0.05, 0) is 31.2 Å². The van der Waals surface area contributed by atoms with Crippen molar-refractivity contribution in [3.05, 3.63) is 30.5 Å². The van der Waals surface area contributed by atoms with E-state index in [0.29, 0.717) is 5.69 Å². The lowest BCUT2D eigenvalue weighted by molar-refractivity contribution is -0.137. The molecule has 1 aromatic heterocycles. The minimum Gasteiger partial charge on any atom is -0.480 e. The Morgan fingerprint density at radius 2 is 2.00 bits per heavy atom. The average Bonchev–Trinajstić information content (AvgIpc) is 2.88. The predicted octanol–water partition coefficient (Wildman–Crippen LogP) is 0.946. The topological polar surface area (TPSA) is 109 Å². The molecule has 0 aliphatic heterocycles. The molecule has 0 unspecified atom stereocenters. The molecule has 0 saturated carbocycles. The van der Waals surface area contributed by atoms with Gasteiger partial charge in [-0.3, -0.25) is 9.59 Å². The number of benzene rings is 1. The van der Waals surface area contributed by atoms with E-state index in [2.05, 4.69) is 5.32 Å². The summed E-state index contributed by atoms with van der Waals surface area (Å²) in [5.41, 5.74) is 1.25. The molecular formula is C15H19N3O5S. The van der Waals surface area contributed by atoms with Crippen molar-refractivity contribution in [1.82, 2.24) is 8.87 Å². The van der Waals surface area contributed by atoms with Crippen molar-refractivity contribution in [3.8, 4) is 0 Å². The van der Waals surface area contributed by atoms with Crippen LogP contribution in [0.4, 0.5) is 5.69 Å². The lowest BCUT2D eigenvalue weighted by Crippen LogP contribution is -2.35. The molecule has 9 heteroatoms. The van der Waals surface area contributed by atoms with Crippen LogP contribution in [0.25, 0.3) is 10.9 Å². The first-order valence-corrected chi connectivity index (χ1v) is 8.88. The number of carboxylic acids is 1. The van der Waals surface area contributed by atoms with Crippen molar-refractivity contribution in [1.29, 1.82) is 0 Å². The summed E-state index contributed by atoms with van der Waals surface area (Å²) in [6.45, 7) is 1.10. The fourth-order valence-electron chi connectivity index (χ4n) is 2.28. The number of carbonyl (C=O) groups excluding carboxylic acids is 1. The van der Waals surface area contributed by atoms with E-state index in [9.17, 15) is 18.0 Å². The number of carboxylic acid groups (broad SMARTS) is 1. The maximum absolute atomic E-state index is 12.0. The first-order chi connectivity index (χ1) is 11.2. The Bertz CT molecular complexity index is 872. The number of fused-ring (bicyclic) bond motifs is 1. The van der Waals surface area contributed by atoms with Gasteiger partial charge < -0.3 is 15.0 Å². The maximum atomic E-state index is 12.0. The average molecular weight is 353 g/mol. The molecule has 130 valence electrons. The molecule has 2 N–H and O–H groups in total. The number of carbonyl (C=O) groups is 2. The van der Waals surface area contributed by atoms with Crippen LogP contribution < -0.4 is 5.32 Å². The number of hydrogen-bond acceptors (Lipinski definition) is 4. The number of anilines is 1. The second-order valence-corrected chi connectivity index (χ2v) is 7.68. The zero-order valence-electron chi connectivity index (χ0n) is 13.4. The van der Waals surface area contributed by atoms with Crippen molar-refractivity contribution in [2.45, 2.75) is 13.5 Å². The van der Waals surface area contributed by atoms with Gasteiger partial charge in [-0.2, -0.15) is 4.31 Å². The van der Waals surface area contributed by atoms with Crippen LogP contribution in [0, 0.1) is 0 Å². The van der Waals surface area contributed by atoms with Crippen LogP contribution >= 0.6 is 0 Å². The van der Waals surface area contributed by atoms with E-state index >= 15 is 0 Å². The number of rotatable bonds is 7. The Balaban J connectivity index is 2.10. The Hall–Kier alpha value is -2.39. The Morgan fingerprint density at radius 3 is 2.62 bits per heavy atom. The Kier molecular flexibility index (Phi) is 5.25. The smallest absolute Gasteiger partial charge is 0.323 e. The zero-order chi connectivity index (χ0) is 17.9. The predicted molar refractivity (Wildman–Crippen MR) is 90.3 cm³/mol. The molecule has 1 amide bonds. The standard InChI is InChI=1S/C15H19N3O5S/c1-3-24(22,23)17(2)9-14(19)16-12-4-5-13-11(8-12)6-7-18(13)10-15(20)21/h4-8H,3,9-10H2,1-2H3,(H,16,19)(H,20,21). The first kappa shape index (κ1) is 18.0. The third-order valence-electron chi connectivity index (χ3n) is 3.57. The molecule has 1 aromatic carbocycles. The summed E-state index contributed by atoms with van der Waals surface area (Å²) in [6.07, 6.45) is 1.66. The highest BCUT2D eigenvalue weighted by atomic mass is 32.2. The van der Waals surface area contributed by atoms with E-state index in [1.165, 1.54) is 14.0 Å². The van der Waals surface area contributed by atoms with Crippen LogP contribution in [0.15, 0.2) is 30.5 Å². The number of likely N-dealkylation sites (N-methyl/N-ethyl adjacent to an activating group) is 1. The summed E-state index contributed by atoms with van der Waals surface area (Å²) in [6, 6.07) is 6.81. The molecule has 0 radical (unpaired) electrons. The SMILES string of the molecule is CCS(=O)(=O)N(C)CC(=O)Nc1ccc2c(ccn2CC(=O)O)c1. The van der Waals surface area contributed by atoms with Crippen LogP contribution in [0.5, 0.6) is 0 Å². The molecule has 0 bridgehead atoms. The minimum atomic E-state index is -3.41. The van der Waals surface area contributed by atoms with Crippen LogP contribution in [0.1, 0.15) is 6.92 Å². The van der Waals surface area contributed by atoms with Gasteiger partial charge in [0.2, 0.25) is 15.9 Å². The quantitative estimate of drug-likeness (QED) is 0.770. The van der Waals surface area contributed by atoms with E-state index in [1.807, 2.05) is 0 Å². The summed E-state index contributed by atoms with van der Waals surface area (Å²) < 4.78 is 25.9. The Labute approximate surface area is 139 Å². The Morgan fingerprint density at radius 1 is 1.29 bits per heavy atom. The molecule has 2 aromatic rings. The van der Waals surface area contributed by atoms with Crippen LogP contribution in [0.2, 0.25) is 0 Å². The number of aliphatic carboxylic acids is 1.